The molecule has 2 unspecified atom stereocenters. The highest BCUT2D eigenvalue weighted by Crippen LogP contribution is 2.13. The van der Waals surface area contributed by atoms with E-state index >= 15 is 0 Å². The Hall–Kier alpha value is -3.43. The van der Waals surface area contributed by atoms with Gasteiger partial charge in [-0.15, -0.1) is 0 Å². The van der Waals surface area contributed by atoms with Crippen LogP contribution < -0.4 is 0 Å². The topological polar surface area (TPSA) is 154 Å². The fraction of sp³-hybridized carbons (Fsp3) is 0.421. The van der Waals surface area contributed by atoms with Crippen LogP contribution in [0.25, 0.3) is 0 Å². The van der Waals surface area contributed by atoms with Crippen LogP contribution in [-0.2, 0) is 28.6 Å². The van der Waals surface area contributed by atoms with Crippen molar-refractivity contribution < 1.29 is 48.4 Å². The average molecular weight is 412 g/mol. The summed E-state index contributed by atoms with van der Waals surface area (Å²) in [5, 5.41) is 17.1. The first-order chi connectivity index (χ1) is 13.4. The third kappa shape index (κ3) is 9.89. The monoisotopic (exact) mass is 412 g/mol. The zero-order valence-electron chi connectivity index (χ0n) is 16.7. The van der Waals surface area contributed by atoms with E-state index in [-0.39, 0.29) is 11.1 Å². The van der Waals surface area contributed by atoms with E-state index in [1.165, 1.54) is 45.0 Å². The van der Waals surface area contributed by atoms with E-state index in [1.54, 1.807) is 13.8 Å². The van der Waals surface area contributed by atoms with Crippen LogP contribution in [0.5, 0.6) is 0 Å². The predicted molar refractivity (Wildman–Crippen MR) is 98.4 cm³/mol. The molecule has 2 N–H and O–H groups in total. The number of hydrogen-bond acceptors (Lipinski definition) is 8. The lowest BCUT2D eigenvalue weighted by atomic mass is 10.1. The summed E-state index contributed by atoms with van der Waals surface area (Å²) in [6, 6.07) is 5.48. The van der Waals surface area contributed by atoms with Gasteiger partial charge in [0.15, 0.2) is 6.10 Å². The molecular formula is C19H24O10. The Labute approximate surface area is 167 Å². The van der Waals surface area contributed by atoms with Gasteiger partial charge in [0.2, 0.25) is 0 Å². The van der Waals surface area contributed by atoms with Crippen molar-refractivity contribution in [1.82, 2.24) is 0 Å². The van der Waals surface area contributed by atoms with Gasteiger partial charge in [-0.25, -0.2) is 9.59 Å². The third-order valence-electron chi connectivity index (χ3n) is 3.32. The van der Waals surface area contributed by atoms with Gasteiger partial charge in [0.25, 0.3) is 0 Å². The van der Waals surface area contributed by atoms with Gasteiger partial charge in [-0.2, -0.15) is 0 Å². The summed E-state index contributed by atoms with van der Waals surface area (Å²) in [6.45, 7) is 6.85. The van der Waals surface area contributed by atoms with Crippen molar-refractivity contribution >= 4 is 29.8 Å². The molecule has 0 aliphatic rings. The number of carboxylic acids is 2. The van der Waals surface area contributed by atoms with Gasteiger partial charge in [-0.1, -0.05) is 12.1 Å². The van der Waals surface area contributed by atoms with Crippen molar-refractivity contribution in [2.24, 2.45) is 0 Å². The minimum absolute atomic E-state index is 0.190. The van der Waals surface area contributed by atoms with Crippen LogP contribution in [0.2, 0.25) is 0 Å². The molecule has 1 rings (SSSR count). The van der Waals surface area contributed by atoms with Crippen molar-refractivity contribution in [2.75, 3.05) is 0 Å². The first kappa shape index (κ1) is 25.6. The Bertz CT molecular complexity index is 700. The second-order valence-electron chi connectivity index (χ2n) is 5.86. The normalized spacial score (nSPS) is 12.9. The van der Waals surface area contributed by atoms with Crippen LogP contribution in [0.1, 0.15) is 55.3 Å². The van der Waals surface area contributed by atoms with Gasteiger partial charge < -0.3 is 24.4 Å². The van der Waals surface area contributed by atoms with Crippen LogP contribution in [0.4, 0.5) is 0 Å². The van der Waals surface area contributed by atoms with Gasteiger partial charge >= 0.3 is 29.8 Å². The van der Waals surface area contributed by atoms with Crippen LogP contribution in [0.3, 0.4) is 0 Å². The lowest BCUT2D eigenvalue weighted by molar-refractivity contribution is -0.179. The smallest absolute Gasteiger partial charge is 0.336 e. The molecule has 0 bridgehead atoms. The fourth-order valence-electron chi connectivity index (χ4n) is 2.28. The number of benzene rings is 1. The highest BCUT2D eigenvalue weighted by molar-refractivity contribution is 6.01. The zero-order chi connectivity index (χ0) is 22.7. The van der Waals surface area contributed by atoms with E-state index < -0.39 is 48.2 Å². The second kappa shape index (κ2) is 12.1. The second-order valence-corrected chi connectivity index (χ2v) is 5.86. The number of hydrogen-bond donors (Lipinski definition) is 2. The lowest BCUT2D eigenvalue weighted by Gasteiger charge is -2.27. The summed E-state index contributed by atoms with van der Waals surface area (Å²) < 4.78 is 14.8. The fourth-order valence-corrected chi connectivity index (χ4v) is 2.28. The van der Waals surface area contributed by atoms with E-state index in [0.29, 0.717) is 0 Å². The molecule has 0 spiro atoms. The first-order valence-corrected chi connectivity index (χ1v) is 8.44. The molecule has 0 aliphatic carbocycles. The number of aromatic carboxylic acids is 2. The lowest BCUT2D eigenvalue weighted by Crippen LogP contribution is -2.42. The molecule has 1 aromatic rings. The standard InChI is InChI=1S/C11H18O6.C8H6O4/c1-6(15-8(3)12)11(17-10(5)14)7(2)16-9(4)13;9-7(10)5-3-1-2-4-6(5)8(11)12/h6-7,11H,1-5H3;1-4H,(H,9,10)(H,11,12). The summed E-state index contributed by atoms with van der Waals surface area (Å²) in [5.41, 5.74) is -0.380. The number of carbonyl (C=O) groups excluding carboxylic acids is 3. The predicted octanol–water partition coefficient (Wildman–Crippen LogP) is 1.90. The maximum absolute atomic E-state index is 10.9. The Morgan fingerprint density at radius 1 is 0.690 bits per heavy atom. The Kier molecular flexibility index (Phi) is 10.7. The zero-order valence-corrected chi connectivity index (χ0v) is 16.7. The minimum Gasteiger partial charge on any atom is -0.478 e. The van der Waals surface area contributed by atoms with Crippen LogP contribution in [0.15, 0.2) is 24.3 Å². The molecule has 0 radical (unpaired) electrons. The highest BCUT2D eigenvalue weighted by atomic mass is 16.6. The van der Waals surface area contributed by atoms with E-state index in [9.17, 15) is 24.0 Å². The molecule has 0 saturated carbocycles. The van der Waals surface area contributed by atoms with E-state index in [2.05, 4.69) is 0 Å². The molecule has 0 saturated heterocycles. The molecule has 29 heavy (non-hydrogen) atoms. The number of ether oxygens (including phenoxy) is 3. The van der Waals surface area contributed by atoms with Gasteiger partial charge in [0.1, 0.15) is 12.2 Å². The number of carboxylic acid groups (broad SMARTS) is 2. The number of rotatable bonds is 7. The first-order valence-electron chi connectivity index (χ1n) is 8.44. The van der Waals surface area contributed by atoms with Crippen molar-refractivity contribution in [3.05, 3.63) is 35.4 Å². The largest absolute Gasteiger partial charge is 0.478 e. The molecule has 10 heteroatoms. The minimum atomic E-state index is -1.23. The van der Waals surface area contributed by atoms with Crippen LogP contribution in [0, 0.1) is 0 Å². The van der Waals surface area contributed by atoms with E-state index in [4.69, 9.17) is 24.4 Å². The Morgan fingerprint density at radius 2 is 1.00 bits per heavy atom. The summed E-state index contributed by atoms with van der Waals surface area (Å²) in [4.78, 5) is 53.5. The van der Waals surface area contributed by atoms with Crippen molar-refractivity contribution in [1.29, 1.82) is 0 Å². The summed E-state index contributed by atoms with van der Waals surface area (Å²) in [6.07, 6.45) is -2.20. The summed E-state index contributed by atoms with van der Waals surface area (Å²) in [5.74, 6) is -3.98. The molecule has 0 amide bonds. The number of esters is 3. The van der Waals surface area contributed by atoms with Crippen molar-refractivity contribution in [2.45, 2.75) is 52.9 Å². The Morgan fingerprint density at radius 3 is 1.24 bits per heavy atom. The molecule has 10 nitrogen and oxygen atoms in total. The SMILES string of the molecule is CC(=O)OC(C)C(OC(C)=O)C(C)OC(C)=O.O=C(O)c1ccccc1C(=O)O. The Balaban J connectivity index is 0.000000571. The molecule has 0 aromatic heterocycles. The van der Waals surface area contributed by atoms with Gasteiger partial charge in [-0.3, -0.25) is 14.4 Å². The van der Waals surface area contributed by atoms with Gasteiger partial charge in [0.05, 0.1) is 11.1 Å². The van der Waals surface area contributed by atoms with Crippen molar-refractivity contribution in [3.8, 4) is 0 Å². The molecule has 0 aliphatic heterocycles. The molecule has 160 valence electrons. The van der Waals surface area contributed by atoms with E-state index in [1.807, 2.05) is 0 Å². The van der Waals surface area contributed by atoms with Crippen LogP contribution >= 0.6 is 0 Å². The maximum atomic E-state index is 10.9. The van der Waals surface area contributed by atoms with Crippen molar-refractivity contribution in [3.63, 3.8) is 0 Å². The molecule has 0 heterocycles. The summed E-state index contributed by atoms with van der Waals surface area (Å²) in [7, 11) is 0. The quantitative estimate of drug-likeness (QED) is 0.501. The number of carbonyl (C=O) groups is 5. The van der Waals surface area contributed by atoms with Gasteiger partial charge in [0, 0.05) is 20.8 Å². The maximum Gasteiger partial charge on any atom is 0.336 e. The molecule has 0 fully saturated rings. The van der Waals surface area contributed by atoms with Gasteiger partial charge in [-0.05, 0) is 26.0 Å². The van der Waals surface area contributed by atoms with E-state index in [0.717, 1.165) is 0 Å². The van der Waals surface area contributed by atoms with Crippen LogP contribution in [-0.4, -0.2) is 58.4 Å². The molecule has 1 aromatic carbocycles. The third-order valence-corrected chi connectivity index (χ3v) is 3.32. The summed E-state index contributed by atoms with van der Waals surface area (Å²) >= 11 is 0. The molecular weight excluding hydrogens is 388 g/mol. The highest BCUT2D eigenvalue weighted by Gasteiger charge is 2.31. The molecule has 2 atom stereocenters. The average Bonchev–Trinajstić information content (AvgIpc) is 2.58.